The molecule has 13 nitrogen and oxygen atoms in total. The zero-order chi connectivity index (χ0) is 21.6. The summed E-state index contributed by atoms with van der Waals surface area (Å²) in [5.74, 6) is -2.27. The molecular weight excluding hydrogens is 392 g/mol. The molecule has 0 amide bonds. The number of rotatable bonds is 7. The highest BCUT2D eigenvalue weighted by Crippen LogP contribution is 2.28. The van der Waals surface area contributed by atoms with Gasteiger partial charge in [0.1, 0.15) is 18.8 Å². The van der Waals surface area contributed by atoms with Gasteiger partial charge in [0, 0.05) is 30.9 Å². The number of hydrogen-bond donors (Lipinski definition) is 0. The lowest BCUT2D eigenvalue weighted by molar-refractivity contribution is -0.384. The van der Waals surface area contributed by atoms with Crippen LogP contribution >= 0.6 is 0 Å². The molecule has 1 aliphatic rings. The van der Waals surface area contributed by atoms with Crippen LogP contribution in [0.1, 0.15) is 24.2 Å². The summed E-state index contributed by atoms with van der Waals surface area (Å²) >= 11 is 0. The van der Waals surface area contributed by atoms with Crippen molar-refractivity contribution < 1.29 is 38.3 Å². The van der Waals surface area contributed by atoms with E-state index in [2.05, 4.69) is 10.0 Å². The van der Waals surface area contributed by atoms with Gasteiger partial charge in [-0.1, -0.05) is 5.11 Å². The van der Waals surface area contributed by atoms with E-state index in [0.717, 1.165) is 26.0 Å². The summed E-state index contributed by atoms with van der Waals surface area (Å²) in [5.41, 5.74) is 8.63. The molecule has 13 heteroatoms. The summed E-state index contributed by atoms with van der Waals surface area (Å²) in [6.07, 6.45) is -3.65. The third kappa shape index (κ3) is 5.64. The molecule has 1 unspecified atom stereocenters. The van der Waals surface area contributed by atoms with Gasteiger partial charge < -0.3 is 18.9 Å². The van der Waals surface area contributed by atoms with Crippen LogP contribution in [0.4, 0.5) is 5.69 Å². The molecule has 0 spiro atoms. The van der Waals surface area contributed by atoms with Gasteiger partial charge in [-0.05, 0) is 17.7 Å². The SMILES string of the molecule is CC(=O)OC1O[C@H](COC(=O)c2ccc([N+](=O)[O-])cc2)[C@@H](N=[N+]=[N-])[C@H]1OC(C)=O. The van der Waals surface area contributed by atoms with Gasteiger partial charge in [0.2, 0.25) is 6.29 Å². The quantitative estimate of drug-likeness (QED) is 0.123. The highest BCUT2D eigenvalue weighted by atomic mass is 16.7. The van der Waals surface area contributed by atoms with Crippen LogP contribution in [0.25, 0.3) is 10.4 Å². The summed E-state index contributed by atoms with van der Waals surface area (Å²) in [6, 6.07) is 3.57. The molecule has 1 aromatic rings. The molecule has 1 heterocycles. The summed E-state index contributed by atoms with van der Waals surface area (Å²) in [7, 11) is 0. The van der Waals surface area contributed by atoms with Gasteiger partial charge in [-0.3, -0.25) is 19.7 Å². The number of azide groups is 1. The molecule has 1 saturated heterocycles. The van der Waals surface area contributed by atoms with Crippen molar-refractivity contribution >= 4 is 23.6 Å². The van der Waals surface area contributed by atoms with Gasteiger partial charge in [-0.15, -0.1) is 0 Å². The number of non-ortho nitro benzene ring substituents is 1. The molecule has 2 rings (SSSR count). The normalized spacial score (nSPS) is 22.8. The first-order valence-corrected chi connectivity index (χ1v) is 8.18. The van der Waals surface area contributed by atoms with E-state index in [1.165, 1.54) is 12.1 Å². The Morgan fingerprint density at radius 3 is 2.34 bits per heavy atom. The van der Waals surface area contributed by atoms with Gasteiger partial charge in [0.05, 0.1) is 10.5 Å². The van der Waals surface area contributed by atoms with Crippen molar-refractivity contribution in [3.05, 3.63) is 50.4 Å². The lowest BCUT2D eigenvalue weighted by Gasteiger charge is -2.19. The predicted molar refractivity (Wildman–Crippen MR) is 92.3 cm³/mol. The van der Waals surface area contributed by atoms with E-state index >= 15 is 0 Å². The van der Waals surface area contributed by atoms with Gasteiger partial charge >= 0.3 is 17.9 Å². The van der Waals surface area contributed by atoms with Crippen LogP contribution in [0.2, 0.25) is 0 Å². The van der Waals surface area contributed by atoms with Gasteiger partial charge in [-0.2, -0.15) is 0 Å². The number of nitro groups is 1. The van der Waals surface area contributed by atoms with E-state index in [4.69, 9.17) is 24.5 Å². The fraction of sp³-hybridized carbons (Fsp3) is 0.438. The monoisotopic (exact) mass is 408 g/mol. The van der Waals surface area contributed by atoms with Crippen molar-refractivity contribution in [2.45, 2.75) is 38.4 Å². The van der Waals surface area contributed by atoms with Gasteiger partial charge in [0.25, 0.3) is 5.69 Å². The Kier molecular flexibility index (Phi) is 7.06. The minimum Gasteiger partial charge on any atom is -0.459 e. The molecule has 0 saturated carbocycles. The van der Waals surface area contributed by atoms with Crippen LogP contribution in [-0.4, -0.2) is 54.0 Å². The van der Waals surface area contributed by atoms with Crippen molar-refractivity contribution in [2.24, 2.45) is 5.11 Å². The van der Waals surface area contributed by atoms with Crippen LogP contribution in [0, 0.1) is 10.1 Å². The third-order valence-corrected chi connectivity index (χ3v) is 3.76. The Bertz CT molecular complexity index is 850. The van der Waals surface area contributed by atoms with Crippen LogP contribution < -0.4 is 0 Å². The largest absolute Gasteiger partial charge is 0.459 e. The van der Waals surface area contributed by atoms with E-state index in [0.29, 0.717) is 0 Å². The average molecular weight is 408 g/mol. The molecule has 154 valence electrons. The first kappa shape index (κ1) is 21.6. The smallest absolute Gasteiger partial charge is 0.338 e. The number of ether oxygens (including phenoxy) is 4. The zero-order valence-corrected chi connectivity index (χ0v) is 15.3. The fourth-order valence-electron chi connectivity index (χ4n) is 2.58. The minimum atomic E-state index is -1.35. The Morgan fingerprint density at radius 1 is 1.21 bits per heavy atom. The summed E-state index contributed by atoms with van der Waals surface area (Å²) < 4.78 is 20.5. The molecule has 0 aliphatic carbocycles. The molecule has 29 heavy (non-hydrogen) atoms. The molecule has 0 bridgehead atoms. The van der Waals surface area contributed by atoms with E-state index < -0.39 is 54.0 Å². The topological polar surface area (TPSA) is 180 Å². The summed E-state index contributed by atoms with van der Waals surface area (Å²) in [5, 5.41) is 14.2. The van der Waals surface area contributed by atoms with Gasteiger partial charge in [-0.25, -0.2) is 4.79 Å². The standard InChI is InChI=1S/C16H16N4O9/c1-8(21)27-14-13(18-19-17)12(29-16(14)28-9(2)22)7-26-15(23)10-3-5-11(6-4-10)20(24)25/h3-6,12-14,16H,7H2,1-2H3/t12-,13-,14-,16?/m1/s1. The van der Waals surface area contributed by atoms with Crippen molar-refractivity contribution in [1.29, 1.82) is 0 Å². The number of carbonyl (C=O) groups is 3. The van der Waals surface area contributed by atoms with Crippen molar-refractivity contribution in [3.8, 4) is 0 Å². The number of benzene rings is 1. The lowest BCUT2D eigenvalue weighted by atomic mass is 10.1. The third-order valence-electron chi connectivity index (χ3n) is 3.76. The minimum absolute atomic E-state index is 0.0435. The maximum absolute atomic E-state index is 12.1. The highest BCUT2D eigenvalue weighted by molar-refractivity contribution is 5.89. The zero-order valence-electron chi connectivity index (χ0n) is 15.3. The van der Waals surface area contributed by atoms with E-state index in [1.807, 2.05) is 0 Å². The molecule has 1 fully saturated rings. The lowest BCUT2D eigenvalue weighted by Crippen LogP contribution is -2.38. The average Bonchev–Trinajstić information content (AvgIpc) is 2.95. The van der Waals surface area contributed by atoms with Crippen molar-refractivity contribution in [2.75, 3.05) is 6.61 Å². The van der Waals surface area contributed by atoms with Crippen LogP contribution in [-0.2, 0) is 28.5 Å². The molecule has 4 atom stereocenters. The molecule has 1 aliphatic heterocycles. The second kappa shape index (κ2) is 9.48. The summed E-state index contributed by atoms with van der Waals surface area (Å²) in [6.45, 7) is 1.80. The van der Waals surface area contributed by atoms with Crippen molar-refractivity contribution in [1.82, 2.24) is 0 Å². The van der Waals surface area contributed by atoms with Crippen LogP contribution in [0.5, 0.6) is 0 Å². The van der Waals surface area contributed by atoms with Gasteiger partial charge in [0.15, 0.2) is 6.10 Å². The first-order chi connectivity index (χ1) is 13.7. The van der Waals surface area contributed by atoms with E-state index in [1.54, 1.807) is 0 Å². The van der Waals surface area contributed by atoms with Crippen molar-refractivity contribution in [3.63, 3.8) is 0 Å². The van der Waals surface area contributed by atoms with E-state index in [9.17, 15) is 24.5 Å². The second-order valence-electron chi connectivity index (χ2n) is 5.82. The molecule has 0 radical (unpaired) electrons. The molecule has 0 aromatic heterocycles. The first-order valence-electron chi connectivity index (χ1n) is 8.18. The number of carbonyl (C=O) groups excluding carboxylic acids is 3. The second-order valence-corrected chi connectivity index (χ2v) is 5.82. The Balaban J connectivity index is 2.11. The molecular formula is C16H16N4O9. The van der Waals surface area contributed by atoms with E-state index in [-0.39, 0.29) is 11.3 Å². The number of nitro benzene ring substituents is 1. The Hall–Kier alpha value is -3.70. The number of esters is 3. The highest BCUT2D eigenvalue weighted by Gasteiger charge is 2.49. The Morgan fingerprint density at radius 2 is 1.83 bits per heavy atom. The summed E-state index contributed by atoms with van der Waals surface area (Å²) in [4.78, 5) is 47.4. The predicted octanol–water partition coefficient (Wildman–Crippen LogP) is 1.65. The maximum Gasteiger partial charge on any atom is 0.338 e. The number of nitrogens with zero attached hydrogens (tertiary/aromatic N) is 4. The Labute approximate surface area is 163 Å². The van der Waals surface area contributed by atoms with Crippen LogP contribution in [0.3, 0.4) is 0 Å². The number of hydrogen-bond acceptors (Lipinski definition) is 10. The molecule has 1 aromatic carbocycles. The fourth-order valence-corrected chi connectivity index (χ4v) is 2.58. The molecule has 0 N–H and O–H groups in total. The van der Waals surface area contributed by atoms with Crippen LogP contribution in [0.15, 0.2) is 29.4 Å². The maximum atomic E-state index is 12.1.